The van der Waals surface area contributed by atoms with Crippen molar-refractivity contribution in [1.82, 2.24) is 30.1 Å². The first kappa shape index (κ1) is 23.1. The van der Waals surface area contributed by atoms with Crippen LogP contribution in [0.4, 0.5) is 0 Å². The molecule has 3 rings (SSSR count). The van der Waals surface area contributed by atoms with Gasteiger partial charge in [0.1, 0.15) is 0 Å². The van der Waals surface area contributed by atoms with Gasteiger partial charge in [-0.05, 0) is 67.6 Å². The number of benzene rings is 1. The van der Waals surface area contributed by atoms with Crippen molar-refractivity contribution in [2.45, 2.75) is 72.0 Å². The molecule has 3 aromatic rings. The summed E-state index contributed by atoms with van der Waals surface area (Å²) in [6, 6.07) is 7.84. The van der Waals surface area contributed by atoms with Crippen LogP contribution in [0.25, 0.3) is 10.9 Å². The van der Waals surface area contributed by atoms with Crippen LogP contribution in [-0.4, -0.2) is 48.3 Å². The second kappa shape index (κ2) is 9.70. The number of tetrazole rings is 1. The molecule has 0 unspecified atom stereocenters. The minimum Gasteiger partial charge on any atom is -0.395 e. The molecule has 0 aliphatic heterocycles. The highest BCUT2D eigenvalue weighted by Gasteiger charge is 2.31. The van der Waals surface area contributed by atoms with Gasteiger partial charge in [0.15, 0.2) is 5.82 Å². The molecule has 2 aromatic heterocycles. The summed E-state index contributed by atoms with van der Waals surface area (Å²) in [6.45, 7) is 11.3. The number of H-pyrrole nitrogens is 1. The number of hydrogen-bond donors (Lipinski definition) is 2. The molecule has 2 N–H and O–H groups in total. The van der Waals surface area contributed by atoms with E-state index >= 15 is 0 Å². The minimum absolute atomic E-state index is 0.0104. The van der Waals surface area contributed by atoms with Crippen LogP contribution in [0, 0.1) is 6.92 Å². The Bertz CT molecular complexity index is 1070. The predicted molar refractivity (Wildman–Crippen MR) is 122 cm³/mol. The first-order chi connectivity index (χ1) is 14.8. The van der Waals surface area contributed by atoms with Crippen molar-refractivity contribution in [2.24, 2.45) is 0 Å². The maximum Gasteiger partial charge on any atom is 0.252 e. The van der Waals surface area contributed by atoms with E-state index in [-0.39, 0.29) is 23.7 Å². The van der Waals surface area contributed by atoms with Gasteiger partial charge in [-0.15, -0.1) is 5.10 Å². The Balaban J connectivity index is 2.02. The topological polar surface area (TPSA) is 99.9 Å². The highest BCUT2D eigenvalue weighted by molar-refractivity contribution is 5.79. The van der Waals surface area contributed by atoms with Crippen molar-refractivity contribution in [1.29, 1.82) is 0 Å². The van der Waals surface area contributed by atoms with Gasteiger partial charge in [-0.1, -0.05) is 31.9 Å². The van der Waals surface area contributed by atoms with E-state index in [1.165, 1.54) is 0 Å². The molecule has 168 valence electrons. The fourth-order valence-electron chi connectivity index (χ4n) is 3.91. The van der Waals surface area contributed by atoms with E-state index < -0.39 is 0 Å². The van der Waals surface area contributed by atoms with Gasteiger partial charge in [0.05, 0.1) is 18.2 Å². The van der Waals surface area contributed by atoms with Gasteiger partial charge < -0.3 is 10.1 Å². The van der Waals surface area contributed by atoms with E-state index in [4.69, 9.17) is 0 Å². The molecule has 0 bridgehead atoms. The van der Waals surface area contributed by atoms with Gasteiger partial charge in [-0.25, -0.2) is 4.68 Å². The van der Waals surface area contributed by atoms with Crippen molar-refractivity contribution in [3.8, 4) is 0 Å². The number of rotatable bonds is 10. The second-order valence-electron chi connectivity index (χ2n) is 8.83. The number of nitrogens with one attached hydrogen (secondary N) is 1. The number of aryl methyl sites for hydroxylation is 1. The number of hydrogen-bond acceptors (Lipinski definition) is 6. The normalized spacial score (nSPS) is 13.3. The van der Waals surface area contributed by atoms with Crippen LogP contribution < -0.4 is 5.56 Å². The smallest absolute Gasteiger partial charge is 0.252 e. The van der Waals surface area contributed by atoms with E-state index in [1.807, 2.05) is 29.8 Å². The van der Waals surface area contributed by atoms with Gasteiger partial charge in [-0.3, -0.25) is 9.69 Å². The lowest BCUT2D eigenvalue weighted by atomic mass is 10.0. The average Bonchev–Trinajstić information content (AvgIpc) is 3.23. The molecule has 31 heavy (non-hydrogen) atoms. The standard InChI is InChI=1S/C23H34N6O2/c1-6-8-20(21-25-26-27-29(21)23(4,5)7-2)28(11-12-30)15-18-14-17-13-16(3)9-10-19(17)24-22(18)31/h9-10,13-14,20,30H,6-8,11-12,15H2,1-5H3,(H,24,31)/t20-/m0/s1. The molecule has 0 amide bonds. The summed E-state index contributed by atoms with van der Waals surface area (Å²) in [4.78, 5) is 17.9. The molecule has 0 spiro atoms. The number of aliphatic hydroxyl groups is 1. The fraction of sp³-hybridized carbons (Fsp3) is 0.565. The SMILES string of the molecule is CCC[C@@H](c1nnnn1C(C)(C)CC)N(CCO)Cc1cc2cc(C)ccc2[nH]c1=O. The van der Waals surface area contributed by atoms with Crippen LogP contribution in [0.15, 0.2) is 29.1 Å². The summed E-state index contributed by atoms with van der Waals surface area (Å²) in [7, 11) is 0. The lowest BCUT2D eigenvalue weighted by molar-refractivity contribution is 0.122. The van der Waals surface area contributed by atoms with Gasteiger partial charge in [0.2, 0.25) is 0 Å². The molecule has 0 saturated carbocycles. The number of pyridine rings is 1. The highest BCUT2D eigenvalue weighted by atomic mass is 16.3. The molecule has 1 atom stereocenters. The van der Waals surface area contributed by atoms with Gasteiger partial charge in [-0.2, -0.15) is 0 Å². The molecule has 0 fully saturated rings. The number of aromatic amines is 1. The van der Waals surface area contributed by atoms with Crippen molar-refractivity contribution >= 4 is 10.9 Å². The number of fused-ring (bicyclic) bond motifs is 1. The summed E-state index contributed by atoms with van der Waals surface area (Å²) in [5.41, 5.74) is 2.30. The first-order valence-corrected chi connectivity index (χ1v) is 11.1. The zero-order valence-corrected chi connectivity index (χ0v) is 19.2. The third kappa shape index (κ3) is 5.02. The lowest BCUT2D eigenvalue weighted by Gasteiger charge is -2.33. The first-order valence-electron chi connectivity index (χ1n) is 11.1. The summed E-state index contributed by atoms with van der Waals surface area (Å²) in [5.74, 6) is 0.773. The molecule has 2 heterocycles. The zero-order valence-electron chi connectivity index (χ0n) is 19.2. The molecule has 0 aliphatic carbocycles. The maximum absolute atomic E-state index is 12.8. The van der Waals surface area contributed by atoms with Crippen LogP contribution >= 0.6 is 0 Å². The van der Waals surface area contributed by atoms with E-state index in [1.54, 1.807) is 0 Å². The fourth-order valence-corrected chi connectivity index (χ4v) is 3.91. The highest BCUT2D eigenvalue weighted by Crippen LogP contribution is 2.29. The minimum atomic E-state index is -0.229. The second-order valence-corrected chi connectivity index (χ2v) is 8.83. The summed E-state index contributed by atoms with van der Waals surface area (Å²) in [6.07, 6.45) is 2.64. The Kier molecular flexibility index (Phi) is 7.23. The largest absolute Gasteiger partial charge is 0.395 e. The van der Waals surface area contributed by atoms with Crippen LogP contribution in [0.5, 0.6) is 0 Å². The Hall–Kier alpha value is -2.58. The Labute approximate surface area is 183 Å². The quantitative estimate of drug-likeness (QED) is 0.516. The van der Waals surface area contributed by atoms with E-state index in [2.05, 4.69) is 59.2 Å². The van der Waals surface area contributed by atoms with Crippen LogP contribution in [0.3, 0.4) is 0 Å². The van der Waals surface area contributed by atoms with E-state index in [9.17, 15) is 9.90 Å². The monoisotopic (exact) mass is 426 g/mol. The average molecular weight is 427 g/mol. The van der Waals surface area contributed by atoms with E-state index in [0.29, 0.717) is 18.7 Å². The van der Waals surface area contributed by atoms with E-state index in [0.717, 1.165) is 41.6 Å². The van der Waals surface area contributed by atoms with Crippen LogP contribution in [0.2, 0.25) is 0 Å². The summed E-state index contributed by atoms with van der Waals surface area (Å²) >= 11 is 0. The number of nitrogens with zero attached hydrogens (tertiary/aromatic N) is 5. The molecule has 8 nitrogen and oxygen atoms in total. The molecular weight excluding hydrogens is 392 g/mol. The Morgan fingerprint density at radius 2 is 2.03 bits per heavy atom. The number of aliphatic hydroxyl groups excluding tert-OH is 1. The predicted octanol–water partition coefficient (Wildman–Crippen LogP) is 3.30. The van der Waals surface area contributed by atoms with Crippen molar-refractivity contribution in [3.63, 3.8) is 0 Å². The molecule has 0 aliphatic rings. The summed E-state index contributed by atoms with van der Waals surface area (Å²) < 4.78 is 1.89. The third-order valence-corrected chi connectivity index (χ3v) is 6.07. The van der Waals surface area contributed by atoms with Gasteiger partial charge in [0.25, 0.3) is 5.56 Å². The Morgan fingerprint density at radius 3 is 2.71 bits per heavy atom. The number of aromatic nitrogens is 5. The van der Waals surface area contributed by atoms with Crippen LogP contribution in [-0.2, 0) is 12.1 Å². The van der Waals surface area contributed by atoms with Crippen molar-refractivity contribution in [2.75, 3.05) is 13.2 Å². The molecule has 0 radical (unpaired) electrons. The van der Waals surface area contributed by atoms with Crippen LogP contribution in [0.1, 0.15) is 70.0 Å². The third-order valence-electron chi connectivity index (χ3n) is 6.07. The molecule has 1 aromatic carbocycles. The van der Waals surface area contributed by atoms with Crippen molar-refractivity contribution in [3.05, 3.63) is 51.6 Å². The Morgan fingerprint density at radius 1 is 1.26 bits per heavy atom. The summed E-state index contributed by atoms with van der Waals surface area (Å²) in [5, 5.41) is 23.4. The van der Waals surface area contributed by atoms with Gasteiger partial charge >= 0.3 is 0 Å². The molecule has 0 saturated heterocycles. The van der Waals surface area contributed by atoms with Crippen molar-refractivity contribution < 1.29 is 5.11 Å². The zero-order chi connectivity index (χ0) is 22.6. The molecule has 8 heteroatoms. The maximum atomic E-state index is 12.8. The lowest BCUT2D eigenvalue weighted by Crippen LogP contribution is -2.37. The molecular formula is C23H34N6O2. The van der Waals surface area contributed by atoms with Gasteiger partial charge in [0, 0.05) is 24.2 Å².